The number of nitrogens with zero attached hydrogens (tertiary/aromatic N) is 1. The van der Waals surface area contributed by atoms with Gasteiger partial charge in [0.05, 0.1) is 0 Å². The van der Waals surface area contributed by atoms with Crippen molar-refractivity contribution in [2.45, 2.75) is 26.3 Å². The van der Waals surface area contributed by atoms with Crippen molar-refractivity contribution in [3.63, 3.8) is 0 Å². The topological polar surface area (TPSA) is 35.5 Å². The maximum Gasteiger partial charge on any atom is 0.123 e. The average Bonchev–Trinajstić information content (AvgIpc) is 2.39. The van der Waals surface area contributed by atoms with Crippen molar-refractivity contribution in [3.8, 4) is 5.75 Å². The van der Waals surface area contributed by atoms with E-state index < -0.39 is 0 Å². The van der Waals surface area contributed by atoms with E-state index in [9.17, 15) is 5.11 Å². The summed E-state index contributed by atoms with van der Waals surface area (Å²) < 4.78 is 0. The van der Waals surface area contributed by atoms with Gasteiger partial charge in [-0.25, -0.2) is 0 Å². The first-order chi connectivity index (χ1) is 8.24. The SMILES string of the molecule is CCc1cccc([C@@H](C)N2CCNCC2)c1O. The van der Waals surface area contributed by atoms with Crippen LogP contribution in [-0.2, 0) is 6.42 Å². The zero-order valence-corrected chi connectivity index (χ0v) is 10.7. The molecule has 1 heterocycles. The van der Waals surface area contributed by atoms with Crippen molar-refractivity contribution >= 4 is 0 Å². The molecule has 0 amide bonds. The van der Waals surface area contributed by atoms with E-state index in [1.807, 2.05) is 18.2 Å². The molecule has 0 aliphatic carbocycles. The molecule has 0 spiro atoms. The number of phenolic OH excluding ortho intramolecular Hbond substituents is 1. The molecule has 0 radical (unpaired) electrons. The molecule has 1 fully saturated rings. The van der Waals surface area contributed by atoms with Gasteiger partial charge >= 0.3 is 0 Å². The molecular weight excluding hydrogens is 212 g/mol. The molecule has 0 unspecified atom stereocenters. The van der Waals surface area contributed by atoms with E-state index in [1.165, 1.54) is 0 Å². The van der Waals surface area contributed by atoms with Crippen LogP contribution in [0.1, 0.15) is 31.0 Å². The predicted molar refractivity (Wildman–Crippen MR) is 70.3 cm³/mol. The summed E-state index contributed by atoms with van der Waals surface area (Å²) in [6, 6.07) is 6.39. The molecular formula is C14H22N2O. The molecule has 1 saturated heterocycles. The van der Waals surface area contributed by atoms with E-state index in [2.05, 4.69) is 24.1 Å². The molecule has 2 N–H and O–H groups in total. The fraction of sp³-hybridized carbons (Fsp3) is 0.571. The summed E-state index contributed by atoms with van der Waals surface area (Å²) in [5.41, 5.74) is 2.11. The normalized spacial score (nSPS) is 19.2. The summed E-state index contributed by atoms with van der Waals surface area (Å²) in [6.07, 6.45) is 0.883. The van der Waals surface area contributed by atoms with Gasteiger partial charge in [0, 0.05) is 37.8 Å². The minimum atomic E-state index is 0.295. The molecule has 0 saturated carbocycles. The lowest BCUT2D eigenvalue weighted by Crippen LogP contribution is -2.44. The van der Waals surface area contributed by atoms with Crippen LogP contribution >= 0.6 is 0 Å². The van der Waals surface area contributed by atoms with Crippen molar-refractivity contribution < 1.29 is 5.11 Å². The van der Waals surface area contributed by atoms with Crippen LogP contribution in [0.4, 0.5) is 0 Å². The Morgan fingerprint density at radius 3 is 2.71 bits per heavy atom. The molecule has 0 aromatic heterocycles. The summed E-state index contributed by atoms with van der Waals surface area (Å²) in [6.45, 7) is 8.44. The Hall–Kier alpha value is -1.06. The van der Waals surface area contributed by atoms with Crippen molar-refractivity contribution in [2.24, 2.45) is 0 Å². The van der Waals surface area contributed by atoms with Crippen molar-refractivity contribution in [1.29, 1.82) is 0 Å². The van der Waals surface area contributed by atoms with Gasteiger partial charge in [0.2, 0.25) is 0 Å². The minimum Gasteiger partial charge on any atom is -0.507 e. The number of aromatic hydroxyl groups is 1. The number of aryl methyl sites for hydroxylation is 1. The number of hydrogen-bond acceptors (Lipinski definition) is 3. The molecule has 2 rings (SSSR count). The van der Waals surface area contributed by atoms with Gasteiger partial charge in [-0.2, -0.15) is 0 Å². The third kappa shape index (κ3) is 2.61. The van der Waals surface area contributed by atoms with Crippen LogP contribution in [0.5, 0.6) is 5.75 Å². The first kappa shape index (κ1) is 12.4. The number of nitrogens with one attached hydrogen (secondary N) is 1. The highest BCUT2D eigenvalue weighted by atomic mass is 16.3. The van der Waals surface area contributed by atoms with Gasteiger partial charge in [0.1, 0.15) is 5.75 Å². The summed E-state index contributed by atoms with van der Waals surface area (Å²) in [5, 5.41) is 13.6. The Bertz CT molecular complexity index is 372. The average molecular weight is 234 g/mol. The third-order valence-corrected chi connectivity index (χ3v) is 3.68. The quantitative estimate of drug-likeness (QED) is 0.838. The summed E-state index contributed by atoms with van der Waals surface area (Å²) in [5.74, 6) is 0.487. The standard InChI is InChI=1S/C14H22N2O/c1-3-12-5-4-6-13(14(12)17)11(2)16-9-7-15-8-10-16/h4-6,11,15,17H,3,7-10H2,1-2H3/t11-/m1/s1. The lowest BCUT2D eigenvalue weighted by atomic mass is 10.0. The van der Waals surface area contributed by atoms with E-state index in [-0.39, 0.29) is 0 Å². The van der Waals surface area contributed by atoms with Gasteiger partial charge in [0.25, 0.3) is 0 Å². The number of piperazine rings is 1. The van der Waals surface area contributed by atoms with Gasteiger partial charge < -0.3 is 10.4 Å². The van der Waals surface area contributed by atoms with Gasteiger partial charge in [-0.05, 0) is 18.9 Å². The minimum absolute atomic E-state index is 0.295. The second-order valence-electron chi connectivity index (χ2n) is 4.67. The second-order valence-corrected chi connectivity index (χ2v) is 4.67. The van der Waals surface area contributed by atoms with Crippen LogP contribution in [-0.4, -0.2) is 36.2 Å². The van der Waals surface area contributed by atoms with Crippen LogP contribution in [0.25, 0.3) is 0 Å². The van der Waals surface area contributed by atoms with Crippen molar-refractivity contribution in [3.05, 3.63) is 29.3 Å². The van der Waals surface area contributed by atoms with E-state index >= 15 is 0 Å². The molecule has 3 heteroatoms. The van der Waals surface area contributed by atoms with Crippen LogP contribution in [0.2, 0.25) is 0 Å². The molecule has 1 aromatic rings. The lowest BCUT2D eigenvalue weighted by molar-refractivity contribution is 0.183. The summed E-state index contributed by atoms with van der Waals surface area (Å²) >= 11 is 0. The van der Waals surface area contributed by atoms with Crippen LogP contribution in [0, 0.1) is 0 Å². The third-order valence-electron chi connectivity index (χ3n) is 3.68. The monoisotopic (exact) mass is 234 g/mol. The van der Waals surface area contributed by atoms with Crippen molar-refractivity contribution in [1.82, 2.24) is 10.2 Å². The molecule has 3 nitrogen and oxygen atoms in total. The first-order valence-electron chi connectivity index (χ1n) is 6.49. The molecule has 1 aliphatic rings. The number of rotatable bonds is 3. The second kappa shape index (κ2) is 5.52. The van der Waals surface area contributed by atoms with E-state index in [1.54, 1.807) is 0 Å². The van der Waals surface area contributed by atoms with Gasteiger partial charge in [-0.1, -0.05) is 25.1 Å². The predicted octanol–water partition coefficient (Wildman–Crippen LogP) is 1.92. The number of benzene rings is 1. The van der Waals surface area contributed by atoms with E-state index in [0.717, 1.165) is 43.7 Å². The zero-order chi connectivity index (χ0) is 12.3. The molecule has 0 bridgehead atoms. The molecule has 17 heavy (non-hydrogen) atoms. The largest absolute Gasteiger partial charge is 0.507 e. The maximum absolute atomic E-state index is 10.2. The molecule has 1 atom stereocenters. The molecule has 94 valence electrons. The van der Waals surface area contributed by atoms with Gasteiger partial charge in [-0.15, -0.1) is 0 Å². The highest BCUT2D eigenvalue weighted by Gasteiger charge is 2.20. The lowest BCUT2D eigenvalue weighted by Gasteiger charge is -2.33. The van der Waals surface area contributed by atoms with Crippen LogP contribution < -0.4 is 5.32 Å². The Balaban J connectivity index is 2.20. The zero-order valence-electron chi connectivity index (χ0n) is 10.7. The highest BCUT2D eigenvalue weighted by molar-refractivity contribution is 5.42. The Kier molecular flexibility index (Phi) is 4.02. The smallest absolute Gasteiger partial charge is 0.123 e. The molecule has 1 aliphatic heterocycles. The fourth-order valence-electron chi connectivity index (χ4n) is 2.50. The van der Waals surface area contributed by atoms with Gasteiger partial charge in [0.15, 0.2) is 0 Å². The van der Waals surface area contributed by atoms with E-state index in [4.69, 9.17) is 0 Å². The highest BCUT2D eigenvalue weighted by Crippen LogP contribution is 2.31. The number of para-hydroxylation sites is 1. The number of phenols is 1. The van der Waals surface area contributed by atoms with Crippen LogP contribution in [0.15, 0.2) is 18.2 Å². The van der Waals surface area contributed by atoms with Gasteiger partial charge in [-0.3, -0.25) is 4.90 Å². The van der Waals surface area contributed by atoms with Crippen molar-refractivity contribution in [2.75, 3.05) is 26.2 Å². The summed E-state index contributed by atoms with van der Waals surface area (Å²) in [7, 11) is 0. The summed E-state index contributed by atoms with van der Waals surface area (Å²) in [4.78, 5) is 2.42. The molecule has 1 aromatic carbocycles. The Labute approximate surface area is 103 Å². The van der Waals surface area contributed by atoms with E-state index in [0.29, 0.717) is 11.8 Å². The van der Waals surface area contributed by atoms with Crippen LogP contribution in [0.3, 0.4) is 0 Å². The number of hydrogen-bond donors (Lipinski definition) is 2. The maximum atomic E-state index is 10.2. The Morgan fingerprint density at radius 1 is 1.35 bits per heavy atom. The Morgan fingerprint density at radius 2 is 2.06 bits per heavy atom. The fourth-order valence-corrected chi connectivity index (χ4v) is 2.50. The first-order valence-corrected chi connectivity index (χ1v) is 6.49.